The molecule has 0 amide bonds. The van der Waals surface area contributed by atoms with Crippen molar-refractivity contribution in [2.45, 2.75) is 19.3 Å². The summed E-state index contributed by atoms with van der Waals surface area (Å²) in [5.41, 5.74) is 3.78. The average Bonchev–Trinajstić information content (AvgIpc) is 3.02. The molecule has 7 heteroatoms. The molecule has 1 aromatic carbocycles. The summed E-state index contributed by atoms with van der Waals surface area (Å²) in [7, 11) is 4.25. The van der Waals surface area contributed by atoms with E-state index in [4.69, 9.17) is 5.41 Å². The lowest BCUT2D eigenvalue weighted by Crippen LogP contribution is -2.32. The van der Waals surface area contributed by atoms with E-state index in [0.29, 0.717) is 5.84 Å². The van der Waals surface area contributed by atoms with Gasteiger partial charge in [-0.2, -0.15) is 0 Å². The Balaban J connectivity index is 0.00000169. The summed E-state index contributed by atoms with van der Waals surface area (Å²) < 4.78 is 0. The molecule has 2 N–H and O–H groups in total. The van der Waals surface area contributed by atoms with Crippen LogP contribution in [-0.2, 0) is 6.42 Å². The van der Waals surface area contributed by atoms with E-state index >= 15 is 0 Å². The third-order valence-electron chi connectivity index (χ3n) is 4.40. The molecule has 0 spiro atoms. The van der Waals surface area contributed by atoms with Crippen LogP contribution in [0.5, 0.6) is 0 Å². The Labute approximate surface area is 172 Å². The number of hydrogen-bond donors (Lipinski definition) is 2. The van der Waals surface area contributed by atoms with Crippen molar-refractivity contribution in [1.82, 2.24) is 4.90 Å². The molecule has 0 aliphatic carbocycles. The molecule has 0 bridgehead atoms. The number of anilines is 2. The first-order valence-corrected chi connectivity index (χ1v) is 9.43. The molecular formula is C19H28Cl2N4S. The molecule has 0 radical (unpaired) electrons. The van der Waals surface area contributed by atoms with Crippen LogP contribution in [0.15, 0.2) is 35.7 Å². The summed E-state index contributed by atoms with van der Waals surface area (Å²) in [4.78, 5) is 5.72. The van der Waals surface area contributed by atoms with Gasteiger partial charge in [0.2, 0.25) is 0 Å². The van der Waals surface area contributed by atoms with Gasteiger partial charge >= 0.3 is 0 Å². The summed E-state index contributed by atoms with van der Waals surface area (Å²) >= 11 is 1.59. The molecule has 0 saturated heterocycles. The van der Waals surface area contributed by atoms with Crippen molar-refractivity contribution < 1.29 is 0 Å². The van der Waals surface area contributed by atoms with Crippen molar-refractivity contribution in [2.24, 2.45) is 0 Å². The van der Waals surface area contributed by atoms with Crippen molar-refractivity contribution >= 4 is 53.4 Å². The zero-order chi connectivity index (χ0) is 16.9. The SMILES string of the molecule is CN(C)CCN1CCCCc2cc(NC(=N)c3cccs3)ccc21.Cl.Cl. The monoisotopic (exact) mass is 414 g/mol. The van der Waals surface area contributed by atoms with E-state index in [9.17, 15) is 0 Å². The second-order valence-corrected chi connectivity index (χ2v) is 7.52. The molecule has 1 aromatic heterocycles. The van der Waals surface area contributed by atoms with Crippen LogP contribution in [-0.4, -0.2) is 44.5 Å². The zero-order valence-electron chi connectivity index (χ0n) is 15.3. The van der Waals surface area contributed by atoms with Crippen LogP contribution in [0.1, 0.15) is 23.3 Å². The van der Waals surface area contributed by atoms with Gasteiger partial charge in [0.05, 0.1) is 4.88 Å². The number of hydrogen-bond acceptors (Lipinski definition) is 4. The van der Waals surface area contributed by atoms with Gasteiger partial charge in [-0.05, 0) is 68.6 Å². The van der Waals surface area contributed by atoms with Crippen LogP contribution in [0.3, 0.4) is 0 Å². The van der Waals surface area contributed by atoms with Crippen molar-refractivity contribution in [3.05, 3.63) is 46.2 Å². The fraction of sp³-hybridized carbons (Fsp3) is 0.421. The first-order chi connectivity index (χ1) is 11.6. The van der Waals surface area contributed by atoms with E-state index in [1.54, 1.807) is 11.3 Å². The number of rotatable bonds is 5. The largest absolute Gasteiger partial charge is 0.370 e. The second-order valence-electron chi connectivity index (χ2n) is 6.57. The fourth-order valence-electron chi connectivity index (χ4n) is 3.09. The molecule has 3 rings (SSSR count). The molecule has 0 atom stereocenters. The number of nitrogens with one attached hydrogen (secondary N) is 2. The summed E-state index contributed by atoms with van der Waals surface area (Å²) in [6.45, 7) is 3.28. The Hall–Kier alpha value is -1.27. The molecule has 4 nitrogen and oxygen atoms in total. The minimum absolute atomic E-state index is 0. The van der Waals surface area contributed by atoms with E-state index < -0.39 is 0 Å². The summed E-state index contributed by atoms with van der Waals surface area (Å²) in [6.07, 6.45) is 3.60. The smallest absolute Gasteiger partial charge is 0.140 e. The Morgan fingerprint density at radius 3 is 2.73 bits per heavy atom. The van der Waals surface area contributed by atoms with Gasteiger partial charge in [-0.15, -0.1) is 36.2 Å². The maximum absolute atomic E-state index is 8.20. The lowest BCUT2D eigenvalue weighted by atomic mass is 10.1. The second kappa shape index (κ2) is 10.8. The number of aryl methyl sites for hydroxylation is 1. The number of benzene rings is 1. The highest BCUT2D eigenvalue weighted by atomic mass is 35.5. The van der Waals surface area contributed by atoms with E-state index in [-0.39, 0.29) is 24.8 Å². The highest BCUT2D eigenvalue weighted by molar-refractivity contribution is 7.12. The maximum Gasteiger partial charge on any atom is 0.140 e. The Morgan fingerprint density at radius 2 is 2.04 bits per heavy atom. The molecule has 0 unspecified atom stereocenters. The lowest BCUT2D eigenvalue weighted by molar-refractivity contribution is 0.413. The highest BCUT2D eigenvalue weighted by Crippen LogP contribution is 2.29. The number of fused-ring (bicyclic) bond motifs is 1. The summed E-state index contributed by atoms with van der Waals surface area (Å²) in [6, 6.07) is 10.5. The molecule has 2 heterocycles. The predicted molar refractivity (Wildman–Crippen MR) is 119 cm³/mol. The van der Waals surface area contributed by atoms with Gasteiger partial charge < -0.3 is 15.1 Å². The van der Waals surface area contributed by atoms with Gasteiger partial charge in [-0.1, -0.05) is 6.07 Å². The van der Waals surface area contributed by atoms with Crippen LogP contribution < -0.4 is 10.2 Å². The number of nitrogens with zero attached hydrogens (tertiary/aromatic N) is 2. The maximum atomic E-state index is 8.20. The molecule has 0 fully saturated rings. The van der Waals surface area contributed by atoms with Crippen LogP contribution >= 0.6 is 36.2 Å². The minimum atomic E-state index is 0. The molecule has 2 aromatic rings. The summed E-state index contributed by atoms with van der Waals surface area (Å²) in [5, 5.41) is 13.5. The average molecular weight is 415 g/mol. The van der Waals surface area contributed by atoms with Crippen molar-refractivity contribution in [3.8, 4) is 0 Å². The number of likely N-dealkylation sites (N-methyl/N-ethyl adjacent to an activating group) is 1. The first kappa shape index (κ1) is 22.8. The standard InChI is InChI=1S/C19H26N4S.2ClH/c1-22(2)11-12-23-10-4-3-6-15-14-16(8-9-17(15)23)21-19(20)18-7-5-13-24-18;;/h5,7-9,13-14H,3-4,6,10-12H2,1-2H3,(H2,20,21);2*1H. The van der Waals surface area contributed by atoms with Crippen molar-refractivity contribution in [2.75, 3.05) is 43.9 Å². The van der Waals surface area contributed by atoms with Crippen LogP contribution in [0, 0.1) is 5.41 Å². The highest BCUT2D eigenvalue weighted by Gasteiger charge is 2.16. The molecule has 144 valence electrons. The summed E-state index contributed by atoms with van der Waals surface area (Å²) in [5.74, 6) is 0.475. The van der Waals surface area contributed by atoms with E-state index in [1.807, 2.05) is 17.5 Å². The Morgan fingerprint density at radius 1 is 1.23 bits per heavy atom. The van der Waals surface area contributed by atoms with Gasteiger partial charge in [-0.25, -0.2) is 0 Å². The van der Waals surface area contributed by atoms with Crippen LogP contribution in [0.4, 0.5) is 11.4 Å². The number of amidine groups is 1. The molecule has 26 heavy (non-hydrogen) atoms. The van der Waals surface area contributed by atoms with Gasteiger partial charge in [0.1, 0.15) is 5.84 Å². The third kappa shape index (κ3) is 5.88. The minimum Gasteiger partial charge on any atom is -0.370 e. The molecule has 1 aliphatic heterocycles. The van der Waals surface area contributed by atoms with Crippen molar-refractivity contribution in [1.29, 1.82) is 5.41 Å². The quantitative estimate of drug-likeness (QED) is 0.548. The molecule has 0 saturated carbocycles. The Bertz CT molecular complexity index is 689. The topological polar surface area (TPSA) is 42.4 Å². The van der Waals surface area contributed by atoms with E-state index in [2.05, 4.69) is 47.4 Å². The van der Waals surface area contributed by atoms with E-state index in [1.165, 1.54) is 24.1 Å². The fourth-order valence-corrected chi connectivity index (χ4v) is 3.72. The third-order valence-corrected chi connectivity index (χ3v) is 5.29. The van der Waals surface area contributed by atoms with Gasteiger partial charge in [0, 0.05) is 31.0 Å². The number of halogens is 2. The van der Waals surface area contributed by atoms with Gasteiger partial charge in [0.15, 0.2) is 0 Å². The van der Waals surface area contributed by atoms with Crippen LogP contribution in [0.2, 0.25) is 0 Å². The lowest BCUT2D eigenvalue weighted by Gasteiger charge is -2.27. The predicted octanol–water partition coefficient (Wildman–Crippen LogP) is 4.73. The molecule has 1 aliphatic rings. The zero-order valence-corrected chi connectivity index (χ0v) is 17.8. The van der Waals surface area contributed by atoms with E-state index in [0.717, 1.165) is 36.6 Å². The van der Waals surface area contributed by atoms with Crippen molar-refractivity contribution in [3.63, 3.8) is 0 Å². The van der Waals surface area contributed by atoms with Gasteiger partial charge in [0.25, 0.3) is 0 Å². The van der Waals surface area contributed by atoms with Crippen LogP contribution in [0.25, 0.3) is 0 Å². The van der Waals surface area contributed by atoms with Gasteiger partial charge in [-0.3, -0.25) is 5.41 Å². The molecular weight excluding hydrogens is 387 g/mol. The Kier molecular flexibility index (Phi) is 9.44. The number of thiophene rings is 1. The first-order valence-electron chi connectivity index (χ1n) is 8.55. The normalized spacial score (nSPS) is 13.3.